The van der Waals surface area contributed by atoms with Crippen LogP contribution in [0.2, 0.25) is 0 Å². The van der Waals surface area contributed by atoms with Crippen LogP contribution in [0.5, 0.6) is 0 Å². The van der Waals surface area contributed by atoms with Crippen LogP contribution in [0.3, 0.4) is 0 Å². The van der Waals surface area contributed by atoms with Crippen LogP contribution in [-0.2, 0) is 0 Å². The SMILES string of the molecule is CCN(CCO)c1ccc(C2=CC(=NO)C(=O)c3ccccc32)cc1. The summed E-state index contributed by atoms with van der Waals surface area (Å²) in [5, 5.41) is 21.5. The van der Waals surface area contributed by atoms with E-state index in [-0.39, 0.29) is 18.1 Å². The zero-order chi connectivity index (χ0) is 17.8. The largest absolute Gasteiger partial charge is 0.410 e. The quantitative estimate of drug-likeness (QED) is 0.650. The number of ketones is 1. The van der Waals surface area contributed by atoms with Gasteiger partial charge in [-0.1, -0.05) is 41.6 Å². The van der Waals surface area contributed by atoms with Crippen LogP contribution in [0.25, 0.3) is 5.57 Å². The molecule has 1 aliphatic rings. The number of likely N-dealkylation sites (N-methyl/N-ethyl adjacent to an activating group) is 1. The lowest BCUT2D eigenvalue weighted by Gasteiger charge is -2.23. The van der Waals surface area contributed by atoms with Crippen LogP contribution in [0, 0.1) is 0 Å². The van der Waals surface area contributed by atoms with Gasteiger partial charge in [0, 0.05) is 24.3 Å². The number of aliphatic hydroxyl groups excluding tert-OH is 1. The fourth-order valence-electron chi connectivity index (χ4n) is 3.09. The number of carbonyl (C=O) groups is 1. The molecule has 5 heteroatoms. The number of anilines is 1. The summed E-state index contributed by atoms with van der Waals surface area (Å²) in [6, 6.07) is 15.2. The number of carbonyl (C=O) groups excluding carboxylic acids is 1. The summed E-state index contributed by atoms with van der Waals surface area (Å²) >= 11 is 0. The Hall–Kier alpha value is -2.92. The average Bonchev–Trinajstić information content (AvgIpc) is 2.67. The molecule has 0 spiro atoms. The van der Waals surface area contributed by atoms with Crippen molar-refractivity contribution in [2.75, 3.05) is 24.6 Å². The minimum atomic E-state index is -0.279. The smallest absolute Gasteiger partial charge is 0.215 e. The van der Waals surface area contributed by atoms with E-state index in [0.717, 1.165) is 28.9 Å². The molecule has 0 aromatic heterocycles. The minimum absolute atomic E-state index is 0.0354. The van der Waals surface area contributed by atoms with E-state index in [1.807, 2.05) is 43.3 Å². The molecule has 0 fully saturated rings. The molecule has 3 rings (SSSR count). The monoisotopic (exact) mass is 336 g/mol. The van der Waals surface area contributed by atoms with Crippen LogP contribution in [0.15, 0.2) is 59.8 Å². The number of hydrogen-bond donors (Lipinski definition) is 2. The van der Waals surface area contributed by atoms with Gasteiger partial charge in [-0.25, -0.2) is 0 Å². The van der Waals surface area contributed by atoms with E-state index in [1.165, 1.54) is 0 Å². The Bertz CT molecular complexity index is 838. The molecule has 0 amide bonds. The fourth-order valence-corrected chi connectivity index (χ4v) is 3.09. The van der Waals surface area contributed by atoms with Crippen molar-refractivity contribution in [2.24, 2.45) is 5.16 Å². The molecule has 2 aromatic carbocycles. The number of fused-ring (bicyclic) bond motifs is 1. The Morgan fingerprint density at radius 1 is 1.04 bits per heavy atom. The Labute approximate surface area is 146 Å². The van der Waals surface area contributed by atoms with Gasteiger partial charge in [-0.3, -0.25) is 4.79 Å². The van der Waals surface area contributed by atoms with Gasteiger partial charge in [-0.2, -0.15) is 0 Å². The molecule has 5 nitrogen and oxygen atoms in total. The van der Waals surface area contributed by atoms with Gasteiger partial charge in [0.05, 0.1) is 6.61 Å². The Morgan fingerprint density at radius 2 is 1.72 bits per heavy atom. The topological polar surface area (TPSA) is 73.1 Å². The highest BCUT2D eigenvalue weighted by Gasteiger charge is 2.25. The highest BCUT2D eigenvalue weighted by molar-refractivity contribution is 6.53. The maximum absolute atomic E-state index is 12.3. The summed E-state index contributed by atoms with van der Waals surface area (Å²) in [6.45, 7) is 3.53. The number of oxime groups is 1. The van der Waals surface area contributed by atoms with Crippen molar-refractivity contribution in [1.29, 1.82) is 0 Å². The van der Waals surface area contributed by atoms with Crippen molar-refractivity contribution in [3.05, 3.63) is 71.3 Å². The predicted molar refractivity (Wildman–Crippen MR) is 98.5 cm³/mol. The molecule has 0 heterocycles. The van der Waals surface area contributed by atoms with Crippen molar-refractivity contribution in [1.82, 2.24) is 0 Å². The van der Waals surface area contributed by atoms with Crippen LogP contribution in [-0.4, -0.2) is 41.5 Å². The summed E-state index contributed by atoms with van der Waals surface area (Å²) < 4.78 is 0. The third-order valence-corrected chi connectivity index (χ3v) is 4.38. The number of Topliss-reactive ketones (excluding diaryl/α,β-unsaturated/α-hetero) is 1. The van der Waals surface area contributed by atoms with Crippen LogP contribution in [0.1, 0.15) is 28.4 Å². The molecule has 0 saturated carbocycles. The first-order valence-corrected chi connectivity index (χ1v) is 8.23. The maximum atomic E-state index is 12.3. The first kappa shape index (κ1) is 16.9. The third-order valence-electron chi connectivity index (χ3n) is 4.38. The first-order chi connectivity index (χ1) is 12.2. The minimum Gasteiger partial charge on any atom is -0.410 e. The zero-order valence-electron chi connectivity index (χ0n) is 14.0. The molecule has 2 N–H and O–H groups in total. The van der Waals surface area contributed by atoms with Gasteiger partial charge in [0.2, 0.25) is 5.78 Å². The van der Waals surface area contributed by atoms with Gasteiger partial charge in [0.25, 0.3) is 0 Å². The molecule has 25 heavy (non-hydrogen) atoms. The second kappa shape index (κ2) is 7.32. The number of aliphatic hydroxyl groups is 1. The summed E-state index contributed by atoms with van der Waals surface area (Å²) in [7, 11) is 0. The maximum Gasteiger partial charge on any atom is 0.215 e. The van der Waals surface area contributed by atoms with E-state index < -0.39 is 0 Å². The van der Waals surface area contributed by atoms with E-state index in [0.29, 0.717) is 12.1 Å². The van der Waals surface area contributed by atoms with Gasteiger partial charge < -0.3 is 15.2 Å². The fraction of sp³-hybridized carbons (Fsp3) is 0.200. The second-order valence-corrected chi connectivity index (χ2v) is 5.77. The lowest BCUT2D eigenvalue weighted by molar-refractivity contribution is 0.106. The molecule has 0 unspecified atom stereocenters. The summed E-state index contributed by atoms with van der Waals surface area (Å²) in [4.78, 5) is 14.4. The second-order valence-electron chi connectivity index (χ2n) is 5.77. The first-order valence-electron chi connectivity index (χ1n) is 8.23. The molecule has 1 aliphatic carbocycles. The summed E-state index contributed by atoms with van der Waals surface area (Å²) in [5.74, 6) is -0.279. The Balaban J connectivity index is 2.02. The van der Waals surface area contributed by atoms with Crippen molar-refractivity contribution in [3.63, 3.8) is 0 Å². The number of hydrogen-bond acceptors (Lipinski definition) is 5. The average molecular weight is 336 g/mol. The Kier molecular flexibility index (Phi) is 4.95. The molecule has 0 bridgehead atoms. The van der Waals surface area contributed by atoms with Gasteiger partial charge in [0.1, 0.15) is 0 Å². The molecule has 0 aliphatic heterocycles. The highest BCUT2D eigenvalue weighted by atomic mass is 16.4. The lowest BCUT2D eigenvalue weighted by atomic mass is 9.85. The molecular weight excluding hydrogens is 316 g/mol. The molecular formula is C20H20N2O3. The molecule has 0 saturated heterocycles. The van der Waals surface area contributed by atoms with Crippen LogP contribution >= 0.6 is 0 Å². The van der Waals surface area contributed by atoms with Gasteiger partial charge in [0.15, 0.2) is 5.71 Å². The molecule has 2 aromatic rings. The standard InChI is InChI=1S/C20H20N2O3/c1-2-22(11-12-23)15-9-7-14(8-10-15)18-13-19(21-25)20(24)17-6-4-3-5-16(17)18/h3-10,13,23,25H,2,11-12H2,1H3. The predicted octanol–water partition coefficient (Wildman–Crippen LogP) is 2.96. The Morgan fingerprint density at radius 3 is 2.32 bits per heavy atom. The lowest BCUT2D eigenvalue weighted by Crippen LogP contribution is -2.26. The van der Waals surface area contributed by atoms with Crippen molar-refractivity contribution >= 4 is 22.8 Å². The number of benzene rings is 2. The van der Waals surface area contributed by atoms with Crippen molar-refractivity contribution < 1.29 is 15.1 Å². The normalized spacial score (nSPS) is 15.0. The molecule has 128 valence electrons. The molecule has 0 radical (unpaired) electrons. The van der Waals surface area contributed by atoms with E-state index in [1.54, 1.807) is 18.2 Å². The molecule has 0 atom stereocenters. The van der Waals surface area contributed by atoms with Gasteiger partial charge in [-0.15, -0.1) is 0 Å². The van der Waals surface area contributed by atoms with Gasteiger partial charge >= 0.3 is 0 Å². The van der Waals surface area contributed by atoms with Gasteiger partial charge in [-0.05, 0) is 41.8 Å². The van der Waals surface area contributed by atoms with Crippen LogP contribution < -0.4 is 4.90 Å². The zero-order valence-corrected chi connectivity index (χ0v) is 14.0. The van der Waals surface area contributed by atoms with Crippen LogP contribution in [0.4, 0.5) is 5.69 Å². The number of allylic oxidation sites excluding steroid dienone is 1. The highest BCUT2D eigenvalue weighted by Crippen LogP contribution is 2.31. The van der Waals surface area contributed by atoms with E-state index in [9.17, 15) is 4.79 Å². The number of rotatable bonds is 5. The summed E-state index contributed by atoms with van der Waals surface area (Å²) in [6.07, 6.45) is 1.62. The van der Waals surface area contributed by atoms with E-state index >= 15 is 0 Å². The number of nitrogens with zero attached hydrogens (tertiary/aromatic N) is 2. The third kappa shape index (κ3) is 3.19. The van der Waals surface area contributed by atoms with E-state index in [2.05, 4.69) is 10.1 Å². The summed E-state index contributed by atoms with van der Waals surface area (Å²) in [5.41, 5.74) is 4.21. The van der Waals surface area contributed by atoms with Crippen molar-refractivity contribution in [2.45, 2.75) is 6.92 Å². The van der Waals surface area contributed by atoms with E-state index in [4.69, 9.17) is 10.3 Å². The van der Waals surface area contributed by atoms with Crippen molar-refractivity contribution in [3.8, 4) is 0 Å².